The molecule has 0 spiro atoms. The summed E-state index contributed by atoms with van der Waals surface area (Å²) in [6.45, 7) is 0. The van der Waals surface area contributed by atoms with Gasteiger partial charge < -0.3 is 4.90 Å². The molecular formula is C57H49N. The van der Waals surface area contributed by atoms with Crippen LogP contribution in [-0.2, 0) is 12.8 Å². The van der Waals surface area contributed by atoms with Gasteiger partial charge in [0.25, 0.3) is 0 Å². The van der Waals surface area contributed by atoms with Gasteiger partial charge in [0.15, 0.2) is 0 Å². The van der Waals surface area contributed by atoms with Crippen LogP contribution in [0.15, 0.2) is 231 Å². The third kappa shape index (κ3) is 9.88. The highest BCUT2D eigenvalue weighted by molar-refractivity contribution is 5.79. The Labute approximate surface area is 344 Å². The quantitative estimate of drug-likeness (QED) is 0.0944. The van der Waals surface area contributed by atoms with Gasteiger partial charge in [-0.25, -0.2) is 0 Å². The van der Waals surface area contributed by atoms with E-state index in [1.165, 1.54) is 50.1 Å². The highest BCUT2D eigenvalue weighted by Gasteiger charge is 2.17. The Morgan fingerprint density at radius 3 is 1.16 bits per heavy atom. The average molecular weight is 748 g/mol. The lowest BCUT2D eigenvalue weighted by Gasteiger charge is -2.25. The zero-order chi connectivity index (χ0) is 39.2. The maximum atomic E-state index is 2.33. The molecule has 0 bridgehead atoms. The lowest BCUT2D eigenvalue weighted by molar-refractivity contribution is 0.977. The number of aryl methyl sites for hydroxylation is 2. The smallest absolute Gasteiger partial charge is 0.0462 e. The lowest BCUT2D eigenvalue weighted by Crippen LogP contribution is -2.09. The molecule has 0 aliphatic heterocycles. The molecule has 0 aliphatic carbocycles. The highest BCUT2D eigenvalue weighted by Crippen LogP contribution is 2.37. The Hall–Kier alpha value is -6.96. The van der Waals surface area contributed by atoms with E-state index in [0.717, 1.165) is 42.7 Å². The van der Waals surface area contributed by atoms with Crippen LogP contribution in [0.2, 0.25) is 0 Å². The fraction of sp³-hybridized carbons (Fsp3) is 0.0877. The van der Waals surface area contributed by atoms with Crippen molar-refractivity contribution in [3.63, 3.8) is 0 Å². The molecule has 1 atom stereocenters. The number of anilines is 3. The summed E-state index contributed by atoms with van der Waals surface area (Å²) < 4.78 is 0. The molecule has 8 rings (SSSR count). The Morgan fingerprint density at radius 1 is 0.328 bits per heavy atom. The summed E-state index contributed by atoms with van der Waals surface area (Å²) in [6, 6.07) is 78.9. The summed E-state index contributed by atoms with van der Waals surface area (Å²) in [7, 11) is 0. The van der Waals surface area contributed by atoms with Crippen LogP contribution in [0.4, 0.5) is 17.1 Å². The molecule has 1 nitrogen and oxygen atoms in total. The zero-order valence-corrected chi connectivity index (χ0v) is 32.9. The van der Waals surface area contributed by atoms with Crippen molar-refractivity contribution < 1.29 is 0 Å². The summed E-state index contributed by atoms with van der Waals surface area (Å²) in [5.41, 5.74) is 14.8. The van der Waals surface area contributed by atoms with Crippen molar-refractivity contribution in [3.05, 3.63) is 269 Å². The van der Waals surface area contributed by atoms with Gasteiger partial charge >= 0.3 is 0 Å². The number of benzene rings is 8. The van der Waals surface area contributed by atoms with Crippen molar-refractivity contribution in [2.45, 2.75) is 31.6 Å². The molecule has 0 radical (unpaired) electrons. The first-order valence-corrected chi connectivity index (χ1v) is 20.5. The SMILES string of the molecule is C(=Cc1ccc(C(c2ccccc2)c2ccc(-c3ccc(N(c4ccccc4)c4ccc(C=CCCc5ccccc5)cc4)cc3)cc2)cc1)CCc1ccccc1. The van der Waals surface area contributed by atoms with E-state index in [4.69, 9.17) is 0 Å². The molecule has 8 aromatic carbocycles. The van der Waals surface area contributed by atoms with Crippen LogP contribution < -0.4 is 4.90 Å². The Bertz CT molecular complexity index is 2300. The van der Waals surface area contributed by atoms with E-state index in [0.29, 0.717) is 0 Å². The molecule has 0 amide bonds. The van der Waals surface area contributed by atoms with Crippen LogP contribution in [0, 0.1) is 0 Å². The minimum Gasteiger partial charge on any atom is -0.311 e. The average Bonchev–Trinajstić information content (AvgIpc) is 3.30. The molecule has 0 aliphatic rings. The summed E-state index contributed by atoms with van der Waals surface area (Å²) in [4.78, 5) is 2.33. The summed E-state index contributed by atoms with van der Waals surface area (Å²) in [5.74, 6) is 0.143. The first kappa shape index (κ1) is 37.9. The van der Waals surface area contributed by atoms with Gasteiger partial charge in [-0.2, -0.15) is 0 Å². The molecule has 282 valence electrons. The Kier molecular flexibility index (Phi) is 12.6. The van der Waals surface area contributed by atoms with Crippen LogP contribution in [0.3, 0.4) is 0 Å². The topological polar surface area (TPSA) is 3.24 Å². The first-order valence-electron chi connectivity index (χ1n) is 20.5. The Morgan fingerprint density at radius 2 is 0.672 bits per heavy atom. The minimum absolute atomic E-state index is 0.143. The second kappa shape index (κ2) is 19.3. The third-order valence-electron chi connectivity index (χ3n) is 10.8. The van der Waals surface area contributed by atoms with Crippen molar-refractivity contribution in [1.29, 1.82) is 0 Å². The first-order chi connectivity index (χ1) is 28.8. The van der Waals surface area contributed by atoms with Gasteiger partial charge in [-0.1, -0.05) is 206 Å². The largest absolute Gasteiger partial charge is 0.311 e. The molecular weight excluding hydrogens is 699 g/mol. The number of para-hydroxylation sites is 1. The van der Waals surface area contributed by atoms with Crippen LogP contribution in [0.1, 0.15) is 57.7 Å². The Balaban J connectivity index is 0.974. The second-order valence-electron chi connectivity index (χ2n) is 14.8. The van der Waals surface area contributed by atoms with Crippen LogP contribution >= 0.6 is 0 Å². The molecule has 0 heterocycles. The minimum atomic E-state index is 0.143. The van der Waals surface area contributed by atoms with Crippen molar-refractivity contribution >= 4 is 29.2 Å². The maximum Gasteiger partial charge on any atom is 0.0462 e. The molecule has 0 saturated carbocycles. The van der Waals surface area contributed by atoms with Crippen molar-refractivity contribution in [3.8, 4) is 11.1 Å². The predicted octanol–water partition coefficient (Wildman–Crippen LogP) is 15.3. The van der Waals surface area contributed by atoms with E-state index < -0.39 is 0 Å². The molecule has 8 aromatic rings. The van der Waals surface area contributed by atoms with Gasteiger partial charge in [0, 0.05) is 23.0 Å². The molecule has 58 heavy (non-hydrogen) atoms. The normalized spacial score (nSPS) is 11.9. The fourth-order valence-corrected chi connectivity index (χ4v) is 7.68. The number of allylic oxidation sites excluding steroid dienone is 2. The van der Waals surface area contributed by atoms with E-state index in [2.05, 4.69) is 248 Å². The van der Waals surface area contributed by atoms with E-state index in [1.807, 2.05) is 0 Å². The van der Waals surface area contributed by atoms with Gasteiger partial charge in [-0.15, -0.1) is 0 Å². The van der Waals surface area contributed by atoms with Gasteiger partial charge in [-0.05, 0) is 112 Å². The van der Waals surface area contributed by atoms with Gasteiger partial charge in [0.2, 0.25) is 0 Å². The summed E-state index contributed by atoms with van der Waals surface area (Å²) >= 11 is 0. The molecule has 0 saturated heterocycles. The zero-order valence-electron chi connectivity index (χ0n) is 32.9. The van der Waals surface area contributed by atoms with Gasteiger partial charge in [0.05, 0.1) is 0 Å². The van der Waals surface area contributed by atoms with Gasteiger partial charge in [-0.3, -0.25) is 0 Å². The van der Waals surface area contributed by atoms with E-state index in [9.17, 15) is 0 Å². The summed E-state index contributed by atoms with van der Waals surface area (Å²) in [6.07, 6.45) is 13.2. The predicted molar refractivity (Wildman–Crippen MR) is 248 cm³/mol. The van der Waals surface area contributed by atoms with Crippen molar-refractivity contribution in [1.82, 2.24) is 0 Å². The van der Waals surface area contributed by atoms with Crippen LogP contribution in [-0.4, -0.2) is 0 Å². The third-order valence-corrected chi connectivity index (χ3v) is 10.8. The van der Waals surface area contributed by atoms with E-state index >= 15 is 0 Å². The molecule has 0 aromatic heterocycles. The highest BCUT2D eigenvalue weighted by atomic mass is 15.1. The molecule has 0 N–H and O–H groups in total. The molecule has 0 fully saturated rings. The van der Waals surface area contributed by atoms with Crippen molar-refractivity contribution in [2.24, 2.45) is 0 Å². The number of nitrogens with zero attached hydrogens (tertiary/aromatic N) is 1. The van der Waals surface area contributed by atoms with Crippen LogP contribution in [0.5, 0.6) is 0 Å². The number of hydrogen-bond acceptors (Lipinski definition) is 1. The second-order valence-corrected chi connectivity index (χ2v) is 14.8. The lowest BCUT2D eigenvalue weighted by atomic mass is 9.84. The monoisotopic (exact) mass is 747 g/mol. The van der Waals surface area contributed by atoms with Crippen molar-refractivity contribution in [2.75, 3.05) is 4.90 Å². The maximum absolute atomic E-state index is 2.33. The fourth-order valence-electron chi connectivity index (χ4n) is 7.68. The number of hydrogen-bond donors (Lipinski definition) is 0. The number of rotatable bonds is 15. The van der Waals surface area contributed by atoms with E-state index in [-0.39, 0.29) is 5.92 Å². The molecule has 1 unspecified atom stereocenters. The summed E-state index contributed by atoms with van der Waals surface area (Å²) in [5, 5.41) is 0. The molecule has 1 heteroatoms. The standard InChI is InChI=1S/C57H49N/c1-5-17-45(18-6-1)21-13-15-23-47-29-33-52(34-30-47)57(51-25-9-3-10-26-51)53-37-35-49(36-38-53)50-39-43-56(44-40-50)58(54-27-11-4-12-28-54)55-41-31-48(32-42-55)24-16-14-22-46-19-7-2-8-20-46/h1-12,15-20,23-44,57H,13-14,21-22H2. The van der Waals surface area contributed by atoms with Gasteiger partial charge in [0.1, 0.15) is 0 Å². The van der Waals surface area contributed by atoms with Crippen LogP contribution in [0.25, 0.3) is 23.3 Å². The van der Waals surface area contributed by atoms with E-state index in [1.54, 1.807) is 0 Å².